The molecule has 0 spiro atoms. The number of carbonyl (C=O) groups excluding carboxylic acids is 1. The molecule has 0 amide bonds. The van der Waals surface area contributed by atoms with Crippen molar-refractivity contribution < 1.29 is 34.8 Å². The van der Waals surface area contributed by atoms with Crippen molar-refractivity contribution in [1.82, 2.24) is 0 Å². The first kappa shape index (κ1) is 21.8. The summed E-state index contributed by atoms with van der Waals surface area (Å²) in [6.45, 7) is 6.25. The predicted molar refractivity (Wildman–Crippen MR) is 87.8 cm³/mol. The molecule has 1 rings (SSSR count). The van der Waals surface area contributed by atoms with Crippen molar-refractivity contribution in [1.29, 1.82) is 0 Å². The van der Waals surface area contributed by atoms with Gasteiger partial charge in [0.1, 0.15) is 11.3 Å². The highest BCUT2D eigenvalue weighted by Gasteiger charge is 2.24. The van der Waals surface area contributed by atoms with Gasteiger partial charge in [-0.1, -0.05) is 25.6 Å². The summed E-state index contributed by atoms with van der Waals surface area (Å²) in [7, 11) is 0. The molecule has 0 heterocycles. The third kappa shape index (κ3) is 6.49. The maximum atomic E-state index is 11.2. The van der Waals surface area contributed by atoms with E-state index in [9.17, 15) is 9.59 Å². The highest BCUT2D eigenvalue weighted by Crippen LogP contribution is 2.19. The number of hydrogen-bond donors (Lipinski definition) is 4. The Hall–Kier alpha value is -2.22. The van der Waals surface area contributed by atoms with Gasteiger partial charge in [-0.25, -0.2) is 9.59 Å². The number of aliphatic hydroxyl groups excluding tert-OH is 3. The van der Waals surface area contributed by atoms with Gasteiger partial charge in [0.15, 0.2) is 0 Å². The molecule has 0 unspecified atom stereocenters. The molecule has 0 aliphatic carbocycles. The van der Waals surface area contributed by atoms with E-state index in [-0.39, 0.29) is 36.7 Å². The maximum absolute atomic E-state index is 11.2. The van der Waals surface area contributed by atoms with Gasteiger partial charge in [0.25, 0.3) is 0 Å². The summed E-state index contributed by atoms with van der Waals surface area (Å²) in [6.07, 6.45) is 0.594. The largest absolute Gasteiger partial charge is 0.478 e. The molecule has 1 aromatic carbocycles. The number of benzene rings is 1. The summed E-state index contributed by atoms with van der Waals surface area (Å²) < 4.78 is 4.85. The van der Waals surface area contributed by atoms with E-state index in [4.69, 9.17) is 25.2 Å². The number of rotatable bonds is 7. The summed E-state index contributed by atoms with van der Waals surface area (Å²) in [5.74, 6) is -1.75. The van der Waals surface area contributed by atoms with Gasteiger partial charge in [0, 0.05) is 11.0 Å². The zero-order chi connectivity index (χ0) is 18.8. The molecular formula is C17H24O7. The Morgan fingerprint density at radius 1 is 1.12 bits per heavy atom. The van der Waals surface area contributed by atoms with Gasteiger partial charge >= 0.3 is 11.9 Å². The van der Waals surface area contributed by atoms with Gasteiger partial charge in [-0.15, -0.1) is 0 Å². The molecule has 0 saturated heterocycles. The summed E-state index contributed by atoms with van der Waals surface area (Å²) >= 11 is 0. The Morgan fingerprint density at radius 2 is 1.62 bits per heavy atom. The average Bonchev–Trinajstić information content (AvgIpc) is 2.58. The summed E-state index contributed by atoms with van der Waals surface area (Å²) in [5.41, 5.74) is -0.498. The Kier molecular flexibility index (Phi) is 9.56. The van der Waals surface area contributed by atoms with Crippen molar-refractivity contribution in [2.24, 2.45) is 5.41 Å². The number of esters is 1. The standard InChI is InChI=1S/C11H10O4.C6H14O3/c1-7(2)11(14)15-9-6-4-3-5-8(9)10(12)13;1-2-6(3-7,4-8)5-9/h3-6H,1H2,2H3,(H,12,13);7-9H,2-5H2,1H3. The number of ether oxygens (including phenoxy) is 1. The monoisotopic (exact) mass is 340 g/mol. The van der Waals surface area contributed by atoms with Crippen molar-refractivity contribution in [3.8, 4) is 5.75 Å². The molecule has 7 heteroatoms. The van der Waals surface area contributed by atoms with Crippen molar-refractivity contribution in [3.05, 3.63) is 42.0 Å². The number of aliphatic hydroxyl groups is 3. The van der Waals surface area contributed by atoms with Gasteiger partial charge in [-0.2, -0.15) is 0 Å². The van der Waals surface area contributed by atoms with Crippen LogP contribution in [0, 0.1) is 5.41 Å². The smallest absolute Gasteiger partial charge is 0.339 e. The van der Waals surface area contributed by atoms with Crippen molar-refractivity contribution in [2.75, 3.05) is 19.8 Å². The molecule has 1 aromatic rings. The van der Waals surface area contributed by atoms with Crippen LogP contribution < -0.4 is 4.74 Å². The lowest BCUT2D eigenvalue weighted by atomic mass is 9.88. The molecule has 0 aliphatic heterocycles. The molecule has 0 aliphatic rings. The Morgan fingerprint density at radius 3 is 1.96 bits per heavy atom. The number of aromatic carboxylic acids is 1. The lowest BCUT2D eigenvalue weighted by Gasteiger charge is -2.24. The van der Waals surface area contributed by atoms with Gasteiger partial charge in [0.2, 0.25) is 0 Å². The van der Waals surface area contributed by atoms with Crippen molar-refractivity contribution in [3.63, 3.8) is 0 Å². The first-order valence-corrected chi connectivity index (χ1v) is 7.29. The van der Waals surface area contributed by atoms with Crippen molar-refractivity contribution >= 4 is 11.9 Å². The molecule has 7 nitrogen and oxygen atoms in total. The van der Waals surface area contributed by atoms with Crippen LogP contribution in [0.3, 0.4) is 0 Å². The quantitative estimate of drug-likeness (QED) is 0.334. The summed E-state index contributed by atoms with van der Waals surface area (Å²) in [6, 6.07) is 5.93. The average molecular weight is 340 g/mol. The second-order valence-corrected chi connectivity index (χ2v) is 5.30. The van der Waals surface area contributed by atoms with E-state index in [1.54, 1.807) is 12.1 Å². The summed E-state index contributed by atoms with van der Waals surface area (Å²) in [5, 5.41) is 34.8. The van der Waals surface area contributed by atoms with Gasteiger partial charge in [0.05, 0.1) is 19.8 Å². The molecule has 0 saturated carbocycles. The van der Waals surface area contributed by atoms with Gasteiger partial charge in [-0.3, -0.25) is 0 Å². The fraction of sp³-hybridized carbons (Fsp3) is 0.412. The van der Waals surface area contributed by atoms with E-state index in [1.807, 2.05) is 6.92 Å². The highest BCUT2D eigenvalue weighted by molar-refractivity contribution is 5.94. The predicted octanol–water partition coefficient (Wildman–Crippen LogP) is 1.23. The zero-order valence-electron chi connectivity index (χ0n) is 13.9. The highest BCUT2D eigenvalue weighted by atomic mass is 16.5. The molecule has 134 valence electrons. The third-order valence-electron chi connectivity index (χ3n) is 3.42. The van der Waals surface area contributed by atoms with Crippen LogP contribution in [-0.4, -0.2) is 52.2 Å². The lowest BCUT2D eigenvalue weighted by Crippen LogP contribution is -2.32. The van der Waals surface area contributed by atoms with Crippen LogP contribution in [-0.2, 0) is 4.79 Å². The fourth-order valence-corrected chi connectivity index (χ4v) is 1.40. The first-order chi connectivity index (χ1) is 11.3. The van der Waals surface area contributed by atoms with Crippen molar-refractivity contribution in [2.45, 2.75) is 20.3 Å². The van der Waals surface area contributed by atoms with Gasteiger partial charge < -0.3 is 25.2 Å². The Bertz CT molecular complexity index is 544. The van der Waals surface area contributed by atoms with E-state index in [0.29, 0.717) is 6.42 Å². The minimum atomic E-state index is -1.14. The van der Waals surface area contributed by atoms with Crippen LogP contribution in [0.2, 0.25) is 0 Å². The normalized spacial score (nSPS) is 10.4. The van der Waals surface area contributed by atoms with Crippen LogP contribution in [0.4, 0.5) is 0 Å². The third-order valence-corrected chi connectivity index (χ3v) is 3.42. The molecular weight excluding hydrogens is 316 g/mol. The minimum absolute atomic E-state index is 0.0259. The van der Waals surface area contributed by atoms with Crippen LogP contribution in [0.25, 0.3) is 0 Å². The molecule has 24 heavy (non-hydrogen) atoms. The van der Waals surface area contributed by atoms with E-state index in [0.717, 1.165) is 0 Å². The van der Waals surface area contributed by atoms with Crippen LogP contribution >= 0.6 is 0 Å². The van der Waals surface area contributed by atoms with Crippen LogP contribution in [0.15, 0.2) is 36.4 Å². The number of carbonyl (C=O) groups is 2. The number of carboxylic acids is 1. The molecule has 0 fully saturated rings. The Balaban J connectivity index is 0.000000506. The Labute approximate surface area is 140 Å². The van der Waals surface area contributed by atoms with Gasteiger partial charge in [-0.05, 0) is 25.5 Å². The number of hydrogen-bond acceptors (Lipinski definition) is 6. The second kappa shape index (κ2) is 10.5. The molecule has 4 N–H and O–H groups in total. The minimum Gasteiger partial charge on any atom is -0.478 e. The SMILES string of the molecule is C=C(C)C(=O)Oc1ccccc1C(=O)O.CCC(CO)(CO)CO. The van der Waals surface area contributed by atoms with E-state index < -0.39 is 17.4 Å². The number of para-hydroxylation sites is 1. The first-order valence-electron chi connectivity index (χ1n) is 7.29. The van der Waals surface area contributed by atoms with E-state index in [1.165, 1.54) is 19.1 Å². The maximum Gasteiger partial charge on any atom is 0.339 e. The number of carboxylic acid groups (broad SMARTS) is 1. The summed E-state index contributed by atoms with van der Waals surface area (Å²) in [4.78, 5) is 21.9. The van der Waals surface area contributed by atoms with E-state index >= 15 is 0 Å². The zero-order valence-corrected chi connectivity index (χ0v) is 13.9. The topological polar surface area (TPSA) is 124 Å². The molecule has 0 atom stereocenters. The fourth-order valence-electron chi connectivity index (χ4n) is 1.40. The van der Waals surface area contributed by atoms with Crippen LogP contribution in [0.1, 0.15) is 30.6 Å². The van der Waals surface area contributed by atoms with Crippen LogP contribution in [0.5, 0.6) is 5.75 Å². The van der Waals surface area contributed by atoms with E-state index in [2.05, 4.69) is 6.58 Å². The second-order valence-electron chi connectivity index (χ2n) is 5.30. The molecule has 0 bridgehead atoms. The lowest BCUT2D eigenvalue weighted by molar-refractivity contribution is -0.130. The molecule has 0 aromatic heterocycles. The molecule has 0 radical (unpaired) electrons.